The summed E-state index contributed by atoms with van der Waals surface area (Å²) in [6.45, 7) is 0.385. The lowest BCUT2D eigenvalue weighted by molar-refractivity contribution is -0.113. The molecule has 4 heteroatoms. The molecule has 3 aromatic rings. The molecule has 3 rings (SSSR count). The minimum Gasteiger partial charge on any atom is -0.363 e. The Kier molecular flexibility index (Phi) is 4.51. The van der Waals surface area contributed by atoms with Crippen LogP contribution >= 0.6 is 0 Å². The first-order valence-corrected chi connectivity index (χ1v) is 7.16. The maximum Gasteiger partial charge on any atom is 0.304 e. The van der Waals surface area contributed by atoms with Crippen molar-refractivity contribution >= 4 is 11.7 Å². The van der Waals surface area contributed by atoms with Crippen LogP contribution in [0, 0.1) is 11.8 Å². The summed E-state index contributed by atoms with van der Waals surface area (Å²) >= 11 is 0. The van der Waals surface area contributed by atoms with E-state index in [-0.39, 0.29) is 5.91 Å². The van der Waals surface area contributed by atoms with E-state index in [1.165, 1.54) is 11.2 Å². The third-order valence-corrected chi connectivity index (χ3v) is 3.22. The summed E-state index contributed by atoms with van der Waals surface area (Å²) in [6.07, 6.45) is 1.44. The van der Waals surface area contributed by atoms with Gasteiger partial charge in [0.05, 0.1) is 6.54 Å². The highest BCUT2D eigenvalue weighted by molar-refractivity contribution is 6.05. The first-order valence-electron chi connectivity index (χ1n) is 7.16. The molecule has 1 amide bonds. The molecule has 0 atom stereocenters. The molecule has 112 valence electrons. The molecule has 0 saturated carbocycles. The number of amides is 1. The number of carbonyl (C=O) groups excluding carboxylic acids is 1. The second-order valence-corrected chi connectivity index (χ2v) is 4.85. The van der Waals surface area contributed by atoms with Gasteiger partial charge in [-0.15, -0.1) is 0 Å². The average Bonchev–Trinajstić information content (AvgIpc) is 3.14. The molecule has 2 aromatic carbocycles. The second kappa shape index (κ2) is 7.10. The van der Waals surface area contributed by atoms with Gasteiger partial charge in [0.2, 0.25) is 0 Å². The molecular weight excluding hydrogens is 288 g/mol. The number of nitrogens with zero attached hydrogens (tertiary/aromatic N) is 2. The van der Waals surface area contributed by atoms with Gasteiger partial charge < -0.3 is 4.52 Å². The molecule has 0 aliphatic carbocycles. The highest BCUT2D eigenvalue weighted by Crippen LogP contribution is 2.14. The van der Waals surface area contributed by atoms with Crippen LogP contribution in [0.15, 0.2) is 77.5 Å². The Labute approximate surface area is 134 Å². The molecule has 0 aliphatic rings. The van der Waals surface area contributed by atoms with Crippen molar-refractivity contribution in [3.8, 4) is 11.8 Å². The summed E-state index contributed by atoms with van der Waals surface area (Å²) in [7, 11) is 0. The Morgan fingerprint density at radius 2 is 1.70 bits per heavy atom. The zero-order chi connectivity index (χ0) is 15.9. The lowest BCUT2D eigenvalue weighted by Crippen LogP contribution is -2.29. The van der Waals surface area contributed by atoms with Gasteiger partial charge in [-0.25, -0.2) is 0 Å². The Balaban J connectivity index is 1.84. The average molecular weight is 302 g/mol. The zero-order valence-corrected chi connectivity index (χ0v) is 12.3. The maximum atomic E-state index is 12.5. The number of hydrogen-bond donors (Lipinski definition) is 0. The zero-order valence-electron chi connectivity index (χ0n) is 12.3. The normalized spacial score (nSPS) is 9.74. The van der Waals surface area contributed by atoms with Crippen LogP contribution in [0.2, 0.25) is 0 Å². The van der Waals surface area contributed by atoms with Crippen molar-refractivity contribution in [1.29, 1.82) is 0 Å². The summed E-state index contributed by atoms with van der Waals surface area (Å²) in [5.41, 5.74) is 1.78. The topological polar surface area (TPSA) is 46.3 Å². The van der Waals surface area contributed by atoms with Crippen molar-refractivity contribution < 1.29 is 9.32 Å². The van der Waals surface area contributed by atoms with Crippen LogP contribution in [0.25, 0.3) is 0 Å². The predicted molar refractivity (Wildman–Crippen MR) is 87.5 cm³/mol. The molecule has 0 saturated heterocycles. The molecule has 23 heavy (non-hydrogen) atoms. The molecule has 0 fully saturated rings. The molecule has 0 spiro atoms. The summed E-state index contributed by atoms with van der Waals surface area (Å²) in [5, 5.41) is 3.85. The van der Waals surface area contributed by atoms with Crippen LogP contribution in [0.3, 0.4) is 0 Å². The quantitative estimate of drug-likeness (QED) is 0.698. The van der Waals surface area contributed by atoms with Gasteiger partial charge in [0.1, 0.15) is 6.26 Å². The van der Waals surface area contributed by atoms with E-state index in [0.717, 1.165) is 11.1 Å². The Morgan fingerprint density at radius 3 is 2.35 bits per heavy atom. The van der Waals surface area contributed by atoms with Crippen LogP contribution in [0.5, 0.6) is 0 Å². The molecule has 0 bridgehead atoms. The summed E-state index contributed by atoms with van der Waals surface area (Å²) in [6, 6.07) is 20.7. The second-order valence-electron chi connectivity index (χ2n) is 4.85. The fourth-order valence-corrected chi connectivity index (χ4v) is 2.08. The number of carbonyl (C=O) groups is 1. The van der Waals surface area contributed by atoms with Crippen LogP contribution < -0.4 is 4.90 Å². The van der Waals surface area contributed by atoms with Crippen molar-refractivity contribution in [1.82, 2.24) is 5.16 Å². The van der Waals surface area contributed by atoms with Crippen LogP contribution in [0.1, 0.15) is 11.1 Å². The van der Waals surface area contributed by atoms with Gasteiger partial charge in [-0.3, -0.25) is 9.69 Å². The van der Waals surface area contributed by atoms with E-state index in [9.17, 15) is 4.79 Å². The van der Waals surface area contributed by atoms with Crippen molar-refractivity contribution in [3.63, 3.8) is 0 Å². The standard InChI is InChI=1S/C19H14N2O2/c22-19(12-11-16-7-3-1-4-8-16)21(18-13-14-23-20-18)15-17-9-5-2-6-10-17/h1-10,13-14H,15H2. The summed E-state index contributed by atoms with van der Waals surface area (Å²) < 4.78 is 4.85. The molecule has 1 aromatic heterocycles. The maximum absolute atomic E-state index is 12.5. The van der Waals surface area contributed by atoms with E-state index in [0.29, 0.717) is 12.4 Å². The van der Waals surface area contributed by atoms with Crippen LogP contribution in [-0.2, 0) is 11.3 Å². The van der Waals surface area contributed by atoms with E-state index in [4.69, 9.17) is 4.52 Å². The first kappa shape index (κ1) is 14.6. The minimum absolute atomic E-state index is 0.327. The van der Waals surface area contributed by atoms with Crippen LogP contribution in [0.4, 0.5) is 5.82 Å². The van der Waals surface area contributed by atoms with Gasteiger partial charge in [0.15, 0.2) is 5.82 Å². The monoisotopic (exact) mass is 302 g/mol. The van der Waals surface area contributed by atoms with Gasteiger partial charge in [-0.1, -0.05) is 59.6 Å². The van der Waals surface area contributed by atoms with Gasteiger partial charge in [0.25, 0.3) is 0 Å². The van der Waals surface area contributed by atoms with Gasteiger partial charge in [-0.2, -0.15) is 0 Å². The molecule has 0 N–H and O–H groups in total. The Morgan fingerprint density at radius 1 is 1.00 bits per heavy atom. The SMILES string of the molecule is O=C(C#Cc1ccccc1)N(Cc1ccccc1)c1ccon1. The molecule has 4 nitrogen and oxygen atoms in total. The van der Waals surface area contributed by atoms with Crippen molar-refractivity contribution in [2.45, 2.75) is 6.54 Å². The van der Waals surface area contributed by atoms with E-state index in [1.54, 1.807) is 6.07 Å². The van der Waals surface area contributed by atoms with Crippen molar-refractivity contribution in [2.24, 2.45) is 0 Å². The van der Waals surface area contributed by atoms with E-state index < -0.39 is 0 Å². The predicted octanol–water partition coefficient (Wildman–Crippen LogP) is 3.26. The van der Waals surface area contributed by atoms with Gasteiger partial charge >= 0.3 is 5.91 Å². The number of hydrogen-bond acceptors (Lipinski definition) is 3. The van der Waals surface area contributed by atoms with E-state index in [2.05, 4.69) is 17.0 Å². The fraction of sp³-hybridized carbons (Fsp3) is 0.0526. The molecule has 1 heterocycles. The lowest BCUT2D eigenvalue weighted by Gasteiger charge is -2.16. The summed E-state index contributed by atoms with van der Waals surface area (Å²) in [4.78, 5) is 14.0. The third kappa shape index (κ3) is 3.86. The molecule has 0 unspecified atom stereocenters. The first-order chi connectivity index (χ1) is 11.3. The Bertz CT molecular complexity index is 816. The van der Waals surface area contributed by atoms with Crippen molar-refractivity contribution in [2.75, 3.05) is 4.90 Å². The largest absolute Gasteiger partial charge is 0.363 e. The van der Waals surface area contributed by atoms with E-state index in [1.807, 2.05) is 60.7 Å². The molecule has 0 radical (unpaired) electrons. The highest BCUT2D eigenvalue weighted by Gasteiger charge is 2.16. The van der Waals surface area contributed by atoms with Gasteiger partial charge in [-0.05, 0) is 17.7 Å². The van der Waals surface area contributed by atoms with Crippen molar-refractivity contribution in [3.05, 3.63) is 84.1 Å². The third-order valence-electron chi connectivity index (χ3n) is 3.22. The van der Waals surface area contributed by atoms with E-state index >= 15 is 0 Å². The number of benzene rings is 2. The number of anilines is 1. The number of rotatable bonds is 3. The summed E-state index contributed by atoms with van der Waals surface area (Å²) in [5.74, 6) is 5.65. The molecule has 0 aliphatic heterocycles. The minimum atomic E-state index is -0.327. The molecular formula is C19H14N2O2. The Hall–Kier alpha value is -3.32. The smallest absolute Gasteiger partial charge is 0.304 e. The number of aromatic nitrogens is 1. The lowest BCUT2D eigenvalue weighted by atomic mass is 10.2. The van der Waals surface area contributed by atoms with Gasteiger partial charge in [0, 0.05) is 17.6 Å². The highest BCUT2D eigenvalue weighted by atomic mass is 16.5. The fourth-order valence-electron chi connectivity index (χ4n) is 2.08. The van der Waals surface area contributed by atoms with Crippen LogP contribution in [-0.4, -0.2) is 11.1 Å².